The lowest BCUT2D eigenvalue weighted by Crippen LogP contribution is -2.46. The summed E-state index contributed by atoms with van der Waals surface area (Å²) in [7, 11) is 0. The van der Waals surface area contributed by atoms with Gasteiger partial charge in [0.2, 0.25) is 11.8 Å². The van der Waals surface area contributed by atoms with Crippen LogP contribution in [0.5, 0.6) is 0 Å². The number of rotatable bonds is 5. The molecule has 3 N–H and O–H groups in total. The number of nitrogens with zero attached hydrogens (tertiary/aromatic N) is 3. The molecule has 2 aliphatic rings. The van der Waals surface area contributed by atoms with Crippen molar-refractivity contribution in [3.05, 3.63) is 33.0 Å². The predicted molar refractivity (Wildman–Crippen MR) is 102 cm³/mol. The van der Waals surface area contributed by atoms with Gasteiger partial charge in [-0.15, -0.1) is 11.3 Å². The van der Waals surface area contributed by atoms with Gasteiger partial charge in [0.1, 0.15) is 6.04 Å². The highest BCUT2D eigenvalue weighted by Crippen LogP contribution is 2.22. The zero-order chi connectivity index (χ0) is 19.7. The van der Waals surface area contributed by atoms with Crippen molar-refractivity contribution < 1.29 is 14.4 Å². The van der Waals surface area contributed by atoms with Gasteiger partial charge in [-0.05, 0) is 19.8 Å². The normalized spacial score (nSPS) is 18.7. The predicted octanol–water partition coefficient (Wildman–Crippen LogP) is 0.310. The number of aryl methyl sites for hydroxylation is 1. The van der Waals surface area contributed by atoms with E-state index >= 15 is 0 Å². The average Bonchev–Trinajstić information content (AvgIpc) is 3.41. The van der Waals surface area contributed by atoms with Gasteiger partial charge in [-0.3, -0.25) is 19.5 Å². The van der Waals surface area contributed by atoms with E-state index in [-0.39, 0.29) is 17.7 Å². The minimum Gasteiger partial charge on any atom is -0.350 e. The van der Waals surface area contributed by atoms with Gasteiger partial charge in [0.05, 0.1) is 23.4 Å². The number of carbonyl (C=O) groups excluding carboxylic acids is 3. The number of H-pyrrole nitrogens is 1. The van der Waals surface area contributed by atoms with E-state index in [9.17, 15) is 14.4 Å². The molecule has 1 fully saturated rings. The van der Waals surface area contributed by atoms with Gasteiger partial charge in [0.15, 0.2) is 5.69 Å². The number of aromatic nitrogens is 3. The van der Waals surface area contributed by atoms with Gasteiger partial charge < -0.3 is 15.5 Å². The number of thiazole rings is 1. The van der Waals surface area contributed by atoms with Gasteiger partial charge in [-0.2, -0.15) is 5.10 Å². The van der Waals surface area contributed by atoms with Crippen LogP contribution in [-0.2, 0) is 29.0 Å². The highest BCUT2D eigenvalue weighted by Gasteiger charge is 2.34. The highest BCUT2D eigenvalue weighted by molar-refractivity contribution is 7.09. The first kappa shape index (κ1) is 18.6. The SMILES string of the molecule is Cc1ncsc1CCNC(=O)c1n[nH]c2c1CCN(C(=O)[C@@H]1CCC(=O)N1)C2. The van der Waals surface area contributed by atoms with Crippen molar-refractivity contribution in [3.63, 3.8) is 0 Å². The minimum atomic E-state index is -0.435. The van der Waals surface area contributed by atoms with Gasteiger partial charge in [-0.1, -0.05) is 0 Å². The second kappa shape index (κ2) is 7.70. The summed E-state index contributed by atoms with van der Waals surface area (Å²) >= 11 is 1.59. The molecule has 2 aromatic rings. The fourth-order valence-corrected chi connectivity index (χ4v) is 4.43. The first-order valence-electron chi connectivity index (χ1n) is 9.34. The molecule has 1 atom stereocenters. The van der Waals surface area contributed by atoms with Crippen LogP contribution in [0.1, 0.15) is 45.2 Å². The smallest absolute Gasteiger partial charge is 0.272 e. The van der Waals surface area contributed by atoms with E-state index in [1.54, 1.807) is 21.7 Å². The van der Waals surface area contributed by atoms with Crippen LogP contribution in [0.3, 0.4) is 0 Å². The van der Waals surface area contributed by atoms with Crippen LogP contribution in [-0.4, -0.2) is 56.9 Å². The van der Waals surface area contributed by atoms with E-state index in [0.717, 1.165) is 28.2 Å². The first-order chi connectivity index (χ1) is 13.5. The molecule has 0 bridgehead atoms. The van der Waals surface area contributed by atoms with Gasteiger partial charge in [-0.25, -0.2) is 4.98 Å². The largest absolute Gasteiger partial charge is 0.350 e. The number of nitrogens with one attached hydrogen (secondary N) is 3. The Morgan fingerprint density at radius 3 is 2.96 bits per heavy atom. The maximum absolute atomic E-state index is 12.6. The Bertz CT molecular complexity index is 920. The molecule has 0 aliphatic carbocycles. The van der Waals surface area contributed by atoms with E-state index in [0.29, 0.717) is 44.6 Å². The monoisotopic (exact) mass is 402 g/mol. The molecule has 0 saturated carbocycles. The lowest BCUT2D eigenvalue weighted by Gasteiger charge is -2.29. The third-order valence-electron chi connectivity index (χ3n) is 5.24. The molecule has 4 rings (SSSR count). The summed E-state index contributed by atoms with van der Waals surface area (Å²) in [4.78, 5) is 43.5. The lowest BCUT2D eigenvalue weighted by molar-refractivity contribution is -0.135. The zero-order valence-corrected chi connectivity index (χ0v) is 16.4. The lowest BCUT2D eigenvalue weighted by atomic mass is 10.0. The summed E-state index contributed by atoms with van der Waals surface area (Å²) in [5.41, 5.74) is 4.86. The van der Waals surface area contributed by atoms with Crippen LogP contribution in [0.25, 0.3) is 0 Å². The second-order valence-corrected chi connectivity index (χ2v) is 8.00. The number of aromatic amines is 1. The number of fused-ring (bicyclic) bond motifs is 1. The van der Waals surface area contributed by atoms with Crippen LogP contribution in [0.2, 0.25) is 0 Å². The van der Waals surface area contributed by atoms with Crippen LogP contribution in [0.4, 0.5) is 0 Å². The van der Waals surface area contributed by atoms with E-state index in [1.165, 1.54) is 0 Å². The molecule has 148 valence electrons. The third kappa shape index (κ3) is 3.64. The topological polar surface area (TPSA) is 120 Å². The van der Waals surface area contributed by atoms with Crippen molar-refractivity contribution in [2.75, 3.05) is 13.1 Å². The van der Waals surface area contributed by atoms with Gasteiger partial charge in [0, 0.05) is 36.4 Å². The summed E-state index contributed by atoms with van der Waals surface area (Å²) in [6, 6.07) is -0.435. The Balaban J connectivity index is 1.35. The summed E-state index contributed by atoms with van der Waals surface area (Å²) in [5, 5.41) is 12.7. The van der Waals surface area contributed by atoms with Crippen molar-refractivity contribution in [2.24, 2.45) is 0 Å². The summed E-state index contributed by atoms with van der Waals surface area (Å²) in [6.45, 7) is 3.37. The maximum atomic E-state index is 12.6. The fraction of sp³-hybridized carbons (Fsp3) is 0.500. The Kier molecular flexibility index (Phi) is 5.12. The van der Waals surface area contributed by atoms with Crippen LogP contribution >= 0.6 is 11.3 Å². The molecule has 28 heavy (non-hydrogen) atoms. The standard InChI is InChI=1S/C18H22N6O3S/c1-10-14(28-9-20-10)4-6-19-17(26)16-11-5-7-24(8-13(11)22-23-16)18(27)12-2-3-15(25)21-12/h9,12H,2-8H2,1H3,(H,19,26)(H,21,25)(H,22,23)/t12-/m0/s1. The number of amides is 3. The third-order valence-corrected chi connectivity index (χ3v) is 6.23. The van der Waals surface area contributed by atoms with E-state index in [4.69, 9.17) is 0 Å². The number of carbonyl (C=O) groups is 3. The summed E-state index contributed by atoms with van der Waals surface area (Å²) in [5.74, 6) is -0.357. The zero-order valence-electron chi connectivity index (χ0n) is 15.6. The van der Waals surface area contributed by atoms with Crippen molar-refractivity contribution in [3.8, 4) is 0 Å². The fourth-order valence-electron chi connectivity index (χ4n) is 3.65. The van der Waals surface area contributed by atoms with Crippen LogP contribution in [0.15, 0.2) is 5.51 Å². The Morgan fingerprint density at radius 2 is 2.25 bits per heavy atom. The molecule has 3 amide bonds. The molecule has 4 heterocycles. The molecule has 0 spiro atoms. The molecule has 2 aromatic heterocycles. The molecule has 2 aliphatic heterocycles. The molecular formula is C18H22N6O3S. The second-order valence-electron chi connectivity index (χ2n) is 7.06. The van der Waals surface area contributed by atoms with Gasteiger partial charge in [0.25, 0.3) is 5.91 Å². The molecule has 1 saturated heterocycles. The van der Waals surface area contributed by atoms with Crippen molar-refractivity contribution in [2.45, 2.75) is 45.2 Å². The van der Waals surface area contributed by atoms with Crippen LogP contribution in [0, 0.1) is 6.92 Å². The maximum Gasteiger partial charge on any atom is 0.272 e. The van der Waals surface area contributed by atoms with E-state index in [2.05, 4.69) is 25.8 Å². The Hall–Kier alpha value is -2.75. The average molecular weight is 402 g/mol. The Morgan fingerprint density at radius 1 is 1.39 bits per heavy atom. The minimum absolute atomic E-state index is 0.0722. The molecule has 10 heteroatoms. The Labute approximate surface area is 165 Å². The number of hydrogen-bond donors (Lipinski definition) is 3. The molecule has 0 unspecified atom stereocenters. The summed E-state index contributed by atoms with van der Waals surface area (Å²) in [6.07, 6.45) is 2.24. The summed E-state index contributed by atoms with van der Waals surface area (Å²) < 4.78 is 0. The van der Waals surface area contributed by atoms with Crippen molar-refractivity contribution in [1.29, 1.82) is 0 Å². The van der Waals surface area contributed by atoms with E-state index < -0.39 is 6.04 Å². The highest BCUT2D eigenvalue weighted by atomic mass is 32.1. The number of hydrogen-bond acceptors (Lipinski definition) is 6. The van der Waals surface area contributed by atoms with Crippen LogP contribution < -0.4 is 10.6 Å². The van der Waals surface area contributed by atoms with Crippen molar-refractivity contribution >= 4 is 29.1 Å². The van der Waals surface area contributed by atoms with Crippen molar-refractivity contribution in [1.82, 2.24) is 30.7 Å². The first-order valence-corrected chi connectivity index (χ1v) is 10.2. The van der Waals surface area contributed by atoms with E-state index in [1.807, 2.05) is 6.92 Å². The molecular weight excluding hydrogens is 380 g/mol. The molecule has 0 aromatic carbocycles. The van der Waals surface area contributed by atoms with Gasteiger partial charge >= 0.3 is 0 Å². The quantitative estimate of drug-likeness (QED) is 0.665. The molecule has 9 nitrogen and oxygen atoms in total. The molecule has 0 radical (unpaired) electrons.